The number of allylic oxidation sites excluding steroid dienone is 1. The van der Waals surface area contributed by atoms with E-state index in [1.807, 2.05) is 66.7 Å². The van der Waals surface area contributed by atoms with Crippen molar-refractivity contribution < 1.29 is 29.3 Å². The first-order chi connectivity index (χ1) is 18.5. The van der Waals surface area contributed by atoms with Crippen LogP contribution >= 0.6 is 0 Å². The molecule has 0 amide bonds. The van der Waals surface area contributed by atoms with Crippen LogP contribution in [0.5, 0.6) is 11.5 Å². The highest BCUT2D eigenvalue weighted by atomic mass is 16.5. The molecule has 2 N–H and O–H groups in total. The van der Waals surface area contributed by atoms with Crippen LogP contribution in [0.2, 0.25) is 0 Å². The molecule has 38 heavy (non-hydrogen) atoms. The second-order valence-electron chi connectivity index (χ2n) is 9.25. The predicted octanol–water partition coefficient (Wildman–Crippen LogP) is 7.14. The lowest BCUT2D eigenvalue weighted by atomic mass is 9.92. The number of unbranched alkanes of at least 4 members (excludes halogenated alkanes) is 2. The standard InChI is InChI=1S/C32H36O6/c33-31(34)14-5-4-9-25(23-27-17-19-28(20-18-27)32(35)36)15-16-26-10-8-13-30(24-26)38-22-7-6-21-37-29-11-2-1-3-12-29/h1-3,8,10-13,15-20,24-25H,4-7,9,14,21-23H2,(H,33,34)(H,35,36)/b16-15+. The van der Waals surface area contributed by atoms with E-state index in [9.17, 15) is 9.59 Å². The van der Waals surface area contributed by atoms with E-state index >= 15 is 0 Å². The molecule has 0 aliphatic heterocycles. The van der Waals surface area contributed by atoms with Gasteiger partial charge in [0, 0.05) is 6.42 Å². The number of para-hydroxylation sites is 1. The van der Waals surface area contributed by atoms with E-state index in [1.165, 1.54) is 0 Å². The van der Waals surface area contributed by atoms with Crippen molar-refractivity contribution in [1.29, 1.82) is 0 Å². The number of rotatable bonds is 17. The average Bonchev–Trinajstić information content (AvgIpc) is 2.92. The van der Waals surface area contributed by atoms with Crippen LogP contribution in [0.15, 0.2) is 84.9 Å². The second kappa shape index (κ2) is 15.9. The molecule has 1 atom stereocenters. The number of hydrogen-bond donors (Lipinski definition) is 2. The van der Waals surface area contributed by atoms with Gasteiger partial charge in [-0.1, -0.05) is 61.0 Å². The van der Waals surface area contributed by atoms with Gasteiger partial charge in [-0.3, -0.25) is 4.79 Å². The van der Waals surface area contributed by atoms with Crippen LogP contribution in [0.3, 0.4) is 0 Å². The van der Waals surface area contributed by atoms with Crippen LogP contribution in [-0.4, -0.2) is 35.4 Å². The molecule has 1 unspecified atom stereocenters. The zero-order valence-corrected chi connectivity index (χ0v) is 21.6. The van der Waals surface area contributed by atoms with Crippen LogP contribution in [0.4, 0.5) is 0 Å². The Labute approximate surface area is 224 Å². The third kappa shape index (κ3) is 10.9. The minimum Gasteiger partial charge on any atom is -0.494 e. The van der Waals surface area contributed by atoms with Gasteiger partial charge < -0.3 is 19.7 Å². The number of aliphatic carboxylic acids is 1. The summed E-state index contributed by atoms with van der Waals surface area (Å²) in [5, 5.41) is 18.1. The van der Waals surface area contributed by atoms with Gasteiger partial charge in [0.1, 0.15) is 11.5 Å². The molecule has 6 nitrogen and oxygen atoms in total. The third-order valence-electron chi connectivity index (χ3n) is 6.15. The Morgan fingerprint density at radius 2 is 1.45 bits per heavy atom. The number of ether oxygens (including phenoxy) is 2. The molecule has 0 aliphatic rings. The Balaban J connectivity index is 1.51. The molecule has 3 rings (SSSR count). The Kier molecular flexibility index (Phi) is 11.9. The minimum atomic E-state index is -0.940. The number of carbonyl (C=O) groups is 2. The van der Waals surface area contributed by atoms with E-state index in [1.54, 1.807) is 12.1 Å². The molecule has 0 radical (unpaired) electrons. The van der Waals surface area contributed by atoms with Crippen LogP contribution in [0.25, 0.3) is 6.08 Å². The molecule has 0 aromatic heterocycles. The van der Waals surface area contributed by atoms with Crippen molar-refractivity contribution in [3.8, 4) is 11.5 Å². The lowest BCUT2D eigenvalue weighted by Crippen LogP contribution is -2.04. The summed E-state index contributed by atoms with van der Waals surface area (Å²) in [5.74, 6) is 0.184. The van der Waals surface area contributed by atoms with Crippen LogP contribution < -0.4 is 9.47 Å². The SMILES string of the molecule is O=C(O)CCCCC(/C=C/c1cccc(OCCCCOc2ccccc2)c1)Cc1ccc(C(=O)O)cc1. The molecule has 0 aliphatic carbocycles. The number of aromatic carboxylic acids is 1. The van der Waals surface area contributed by atoms with Crippen molar-refractivity contribution in [3.63, 3.8) is 0 Å². The summed E-state index contributed by atoms with van der Waals surface area (Å²) in [6.45, 7) is 1.27. The van der Waals surface area contributed by atoms with Crippen molar-refractivity contribution in [3.05, 3.63) is 102 Å². The number of carboxylic acids is 2. The van der Waals surface area contributed by atoms with Gasteiger partial charge >= 0.3 is 11.9 Å². The molecule has 0 bridgehead atoms. The summed E-state index contributed by atoms with van der Waals surface area (Å²) in [7, 11) is 0. The molecule has 200 valence electrons. The second-order valence-corrected chi connectivity index (χ2v) is 9.25. The van der Waals surface area contributed by atoms with E-state index < -0.39 is 11.9 Å². The van der Waals surface area contributed by atoms with Gasteiger partial charge in [-0.05, 0) is 85.5 Å². The summed E-state index contributed by atoms with van der Waals surface area (Å²) < 4.78 is 11.7. The van der Waals surface area contributed by atoms with Crippen molar-refractivity contribution in [2.75, 3.05) is 13.2 Å². The van der Waals surface area contributed by atoms with Crippen molar-refractivity contribution in [1.82, 2.24) is 0 Å². The lowest BCUT2D eigenvalue weighted by molar-refractivity contribution is -0.137. The first-order valence-electron chi connectivity index (χ1n) is 13.1. The number of hydrogen-bond acceptors (Lipinski definition) is 4. The van der Waals surface area contributed by atoms with Crippen LogP contribution in [0.1, 0.15) is 60.0 Å². The van der Waals surface area contributed by atoms with Crippen molar-refractivity contribution in [2.24, 2.45) is 5.92 Å². The van der Waals surface area contributed by atoms with Gasteiger partial charge in [0.15, 0.2) is 0 Å². The number of carboxylic acid groups (broad SMARTS) is 2. The maximum absolute atomic E-state index is 11.1. The molecule has 6 heteroatoms. The molecule has 0 saturated carbocycles. The molecule has 0 spiro atoms. The lowest BCUT2D eigenvalue weighted by Gasteiger charge is -2.13. The average molecular weight is 517 g/mol. The van der Waals surface area contributed by atoms with E-state index in [2.05, 4.69) is 12.2 Å². The third-order valence-corrected chi connectivity index (χ3v) is 6.15. The zero-order chi connectivity index (χ0) is 27.0. The Morgan fingerprint density at radius 3 is 2.13 bits per heavy atom. The summed E-state index contributed by atoms with van der Waals surface area (Å²) in [5.41, 5.74) is 2.35. The highest BCUT2D eigenvalue weighted by molar-refractivity contribution is 5.87. The first kappa shape index (κ1) is 28.5. The summed E-state index contributed by atoms with van der Waals surface area (Å²) in [6.07, 6.45) is 9.26. The molecule has 0 heterocycles. The number of benzene rings is 3. The monoisotopic (exact) mass is 516 g/mol. The summed E-state index contributed by atoms with van der Waals surface area (Å²) in [4.78, 5) is 22.0. The molecule has 3 aromatic rings. The van der Waals surface area contributed by atoms with Crippen molar-refractivity contribution >= 4 is 18.0 Å². The normalized spacial score (nSPS) is 11.8. The highest BCUT2D eigenvalue weighted by Crippen LogP contribution is 2.21. The smallest absolute Gasteiger partial charge is 0.335 e. The molecule has 0 fully saturated rings. The van der Waals surface area contributed by atoms with Gasteiger partial charge in [0.05, 0.1) is 18.8 Å². The zero-order valence-electron chi connectivity index (χ0n) is 21.6. The van der Waals surface area contributed by atoms with Crippen molar-refractivity contribution in [2.45, 2.75) is 44.9 Å². The highest BCUT2D eigenvalue weighted by Gasteiger charge is 2.09. The maximum Gasteiger partial charge on any atom is 0.335 e. The largest absolute Gasteiger partial charge is 0.494 e. The molecular formula is C32H36O6. The fourth-order valence-corrected chi connectivity index (χ4v) is 4.09. The maximum atomic E-state index is 11.1. The Bertz CT molecular complexity index is 1150. The predicted molar refractivity (Wildman–Crippen MR) is 149 cm³/mol. The van der Waals surface area contributed by atoms with Gasteiger partial charge in [0.25, 0.3) is 0 Å². The van der Waals surface area contributed by atoms with Gasteiger partial charge in [-0.2, -0.15) is 0 Å². The van der Waals surface area contributed by atoms with Gasteiger partial charge in [-0.25, -0.2) is 4.79 Å². The fourth-order valence-electron chi connectivity index (χ4n) is 4.09. The van der Waals surface area contributed by atoms with Gasteiger partial charge in [0.2, 0.25) is 0 Å². The van der Waals surface area contributed by atoms with E-state index in [-0.39, 0.29) is 17.9 Å². The van der Waals surface area contributed by atoms with Crippen LogP contribution in [-0.2, 0) is 11.2 Å². The van der Waals surface area contributed by atoms with Crippen LogP contribution in [0, 0.1) is 5.92 Å². The van der Waals surface area contributed by atoms with Gasteiger partial charge in [-0.15, -0.1) is 0 Å². The summed E-state index contributed by atoms with van der Waals surface area (Å²) in [6, 6.07) is 24.7. The van der Waals surface area contributed by atoms with E-state index in [0.717, 1.165) is 54.7 Å². The Morgan fingerprint density at radius 1 is 0.763 bits per heavy atom. The Hall–Kier alpha value is -4.06. The van der Waals surface area contributed by atoms with E-state index in [0.29, 0.717) is 19.6 Å². The molecule has 0 saturated heterocycles. The van der Waals surface area contributed by atoms with E-state index in [4.69, 9.17) is 19.7 Å². The topological polar surface area (TPSA) is 93.1 Å². The minimum absolute atomic E-state index is 0.168. The quantitative estimate of drug-likeness (QED) is 0.185. The fraction of sp³-hybridized carbons (Fsp3) is 0.312. The molecule has 3 aromatic carbocycles. The summed E-state index contributed by atoms with van der Waals surface area (Å²) >= 11 is 0. The molecular weight excluding hydrogens is 480 g/mol. The first-order valence-corrected chi connectivity index (χ1v) is 13.1.